The van der Waals surface area contributed by atoms with Crippen molar-refractivity contribution in [2.45, 2.75) is 45.1 Å². The van der Waals surface area contributed by atoms with Gasteiger partial charge in [0.2, 0.25) is 0 Å². The molecule has 0 spiro atoms. The molecule has 0 aliphatic heterocycles. The fourth-order valence-electron chi connectivity index (χ4n) is 2.67. The van der Waals surface area contributed by atoms with Crippen molar-refractivity contribution in [2.24, 2.45) is 0 Å². The van der Waals surface area contributed by atoms with Crippen LogP contribution in [-0.4, -0.2) is 6.54 Å². The molecule has 1 aliphatic rings. The Bertz CT molecular complexity index is 456. The molecule has 1 unspecified atom stereocenters. The SMILES string of the molecule is CCNC(CC1=CCCCC1)c1cc(Br)ccc1F. The monoisotopic (exact) mass is 325 g/mol. The van der Waals surface area contributed by atoms with E-state index in [0.717, 1.165) is 29.4 Å². The molecule has 104 valence electrons. The standard InChI is InChI=1S/C16H21BrFN/c1-2-19-16(10-12-6-4-3-5-7-12)14-11-13(17)8-9-15(14)18/h6,8-9,11,16,19H,2-5,7,10H2,1H3. The Hall–Kier alpha value is -0.670. The normalized spacial score (nSPS) is 17.1. The molecule has 0 fully saturated rings. The second-order valence-electron chi connectivity index (χ2n) is 5.09. The van der Waals surface area contributed by atoms with E-state index >= 15 is 0 Å². The predicted molar refractivity (Wildman–Crippen MR) is 81.7 cm³/mol. The molecule has 1 atom stereocenters. The van der Waals surface area contributed by atoms with Crippen LogP contribution in [0.3, 0.4) is 0 Å². The van der Waals surface area contributed by atoms with Crippen LogP contribution >= 0.6 is 15.9 Å². The first kappa shape index (κ1) is 14.7. The first-order chi connectivity index (χ1) is 9.20. The lowest BCUT2D eigenvalue weighted by molar-refractivity contribution is 0.496. The Balaban J connectivity index is 2.18. The third-order valence-corrected chi connectivity index (χ3v) is 4.13. The maximum atomic E-state index is 14.0. The quantitative estimate of drug-likeness (QED) is 0.740. The third-order valence-electron chi connectivity index (χ3n) is 3.64. The number of nitrogens with one attached hydrogen (secondary N) is 1. The predicted octanol–water partition coefficient (Wildman–Crippen LogP) is 5.13. The number of hydrogen-bond acceptors (Lipinski definition) is 1. The van der Waals surface area contributed by atoms with Crippen molar-refractivity contribution in [2.75, 3.05) is 6.54 Å². The summed E-state index contributed by atoms with van der Waals surface area (Å²) in [5.41, 5.74) is 2.24. The Labute approximate surface area is 123 Å². The maximum absolute atomic E-state index is 14.0. The van der Waals surface area contributed by atoms with Gasteiger partial charge >= 0.3 is 0 Å². The lowest BCUT2D eigenvalue weighted by atomic mass is 9.91. The average Bonchev–Trinajstić information content (AvgIpc) is 2.42. The Kier molecular flexibility index (Phi) is 5.59. The molecular weight excluding hydrogens is 305 g/mol. The maximum Gasteiger partial charge on any atom is 0.128 e. The second kappa shape index (κ2) is 7.20. The average molecular weight is 326 g/mol. The smallest absolute Gasteiger partial charge is 0.128 e. The second-order valence-corrected chi connectivity index (χ2v) is 6.00. The summed E-state index contributed by atoms with van der Waals surface area (Å²) in [5, 5.41) is 3.41. The highest BCUT2D eigenvalue weighted by Crippen LogP contribution is 2.30. The molecule has 0 saturated carbocycles. The van der Waals surface area contributed by atoms with Crippen LogP contribution in [-0.2, 0) is 0 Å². The molecule has 1 aliphatic carbocycles. The van der Waals surface area contributed by atoms with E-state index in [-0.39, 0.29) is 11.9 Å². The lowest BCUT2D eigenvalue weighted by Crippen LogP contribution is -2.22. The van der Waals surface area contributed by atoms with Crippen molar-refractivity contribution in [3.05, 3.63) is 45.7 Å². The fraction of sp³-hybridized carbons (Fsp3) is 0.500. The zero-order valence-electron chi connectivity index (χ0n) is 11.4. The van der Waals surface area contributed by atoms with Gasteiger partial charge in [0.15, 0.2) is 0 Å². The fourth-order valence-corrected chi connectivity index (χ4v) is 3.05. The zero-order valence-corrected chi connectivity index (χ0v) is 13.0. The van der Waals surface area contributed by atoms with Gasteiger partial charge in [0, 0.05) is 16.1 Å². The molecule has 3 heteroatoms. The summed E-state index contributed by atoms with van der Waals surface area (Å²) in [6.45, 7) is 2.92. The van der Waals surface area contributed by atoms with Crippen LogP contribution in [0.2, 0.25) is 0 Å². The number of rotatable bonds is 5. The van der Waals surface area contributed by atoms with Crippen molar-refractivity contribution in [1.82, 2.24) is 5.32 Å². The van der Waals surface area contributed by atoms with Gasteiger partial charge in [-0.05, 0) is 56.8 Å². The van der Waals surface area contributed by atoms with Gasteiger partial charge < -0.3 is 5.32 Å². The number of allylic oxidation sites excluding steroid dienone is 1. The van der Waals surface area contributed by atoms with Crippen LogP contribution < -0.4 is 5.32 Å². The molecule has 2 rings (SSSR count). The van der Waals surface area contributed by atoms with E-state index in [1.54, 1.807) is 12.1 Å². The van der Waals surface area contributed by atoms with E-state index in [2.05, 4.69) is 34.2 Å². The first-order valence-corrected chi connectivity index (χ1v) is 7.86. The Morgan fingerprint density at radius 1 is 1.37 bits per heavy atom. The molecule has 1 aromatic carbocycles. The highest BCUT2D eigenvalue weighted by molar-refractivity contribution is 9.10. The highest BCUT2D eigenvalue weighted by Gasteiger charge is 2.17. The summed E-state index contributed by atoms with van der Waals surface area (Å²) >= 11 is 3.43. The third kappa shape index (κ3) is 4.15. The molecule has 0 bridgehead atoms. The molecule has 19 heavy (non-hydrogen) atoms. The number of benzene rings is 1. The largest absolute Gasteiger partial charge is 0.310 e. The highest BCUT2D eigenvalue weighted by atomic mass is 79.9. The molecular formula is C16H21BrFN. The molecule has 0 saturated heterocycles. The van der Waals surface area contributed by atoms with E-state index in [0.29, 0.717) is 0 Å². The molecule has 0 aromatic heterocycles. The minimum Gasteiger partial charge on any atom is -0.310 e. The zero-order chi connectivity index (χ0) is 13.7. The van der Waals surface area contributed by atoms with Gasteiger partial charge in [0.25, 0.3) is 0 Å². The van der Waals surface area contributed by atoms with Crippen molar-refractivity contribution in [3.63, 3.8) is 0 Å². The summed E-state index contributed by atoms with van der Waals surface area (Å²) in [7, 11) is 0. The van der Waals surface area contributed by atoms with Crippen molar-refractivity contribution >= 4 is 15.9 Å². The van der Waals surface area contributed by atoms with Crippen LogP contribution in [0, 0.1) is 5.82 Å². The van der Waals surface area contributed by atoms with Crippen LogP contribution in [0.15, 0.2) is 34.3 Å². The summed E-state index contributed by atoms with van der Waals surface area (Å²) in [4.78, 5) is 0. The van der Waals surface area contributed by atoms with Crippen molar-refractivity contribution in [1.29, 1.82) is 0 Å². The van der Waals surface area contributed by atoms with Gasteiger partial charge in [-0.3, -0.25) is 0 Å². The minimum atomic E-state index is -0.120. The Morgan fingerprint density at radius 2 is 2.21 bits per heavy atom. The topological polar surface area (TPSA) is 12.0 Å². The van der Waals surface area contributed by atoms with Crippen LogP contribution in [0.1, 0.15) is 50.6 Å². The summed E-state index contributed by atoms with van der Waals surface area (Å²) < 4.78 is 15.0. The molecule has 0 amide bonds. The van der Waals surface area contributed by atoms with Gasteiger partial charge in [-0.1, -0.05) is 34.5 Å². The summed E-state index contributed by atoms with van der Waals surface area (Å²) in [6.07, 6.45) is 8.16. The minimum absolute atomic E-state index is 0.0758. The molecule has 1 N–H and O–H groups in total. The van der Waals surface area contributed by atoms with Crippen molar-refractivity contribution in [3.8, 4) is 0 Å². The molecule has 0 heterocycles. The molecule has 1 nitrogen and oxygen atoms in total. The van der Waals surface area contributed by atoms with E-state index in [1.165, 1.54) is 24.8 Å². The van der Waals surface area contributed by atoms with E-state index in [1.807, 2.05) is 6.07 Å². The van der Waals surface area contributed by atoms with E-state index < -0.39 is 0 Å². The van der Waals surface area contributed by atoms with Gasteiger partial charge in [0.05, 0.1) is 0 Å². The number of halogens is 2. The van der Waals surface area contributed by atoms with Crippen LogP contribution in [0.5, 0.6) is 0 Å². The van der Waals surface area contributed by atoms with Gasteiger partial charge in [-0.2, -0.15) is 0 Å². The summed E-state index contributed by atoms with van der Waals surface area (Å²) in [6, 6.07) is 5.26. The van der Waals surface area contributed by atoms with Crippen LogP contribution in [0.4, 0.5) is 4.39 Å². The Morgan fingerprint density at radius 3 is 2.89 bits per heavy atom. The molecule has 1 aromatic rings. The van der Waals surface area contributed by atoms with Crippen LogP contribution in [0.25, 0.3) is 0 Å². The molecule has 0 radical (unpaired) electrons. The summed E-state index contributed by atoms with van der Waals surface area (Å²) in [5.74, 6) is -0.120. The lowest BCUT2D eigenvalue weighted by Gasteiger charge is -2.22. The van der Waals surface area contributed by atoms with Crippen molar-refractivity contribution < 1.29 is 4.39 Å². The van der Waals surface area contributed by atoms with E-state index in [4.69, 9.17) is 0 Å². The van der Waals surface area contributed by atoms with E-state index in [9.17, 15) is 4.39 Å². The van der Waals surface area contributed by atoms with Gasteiger partial charge in [-0.25, -0.2) is 4.39 Å². The van der Waals surface area contributed by atoms with Gasteiger partial charge in [0.1, 0.15) is 5.82 Å². The number of hydrogen-bond donors (Lipinski definition) is 1. The van der Waals surface area contributed by atoms with Gasteiger partial charge in [-0.15, -0.1) is 0 Å². The first-order valence-electron chi connectivity index (χ1n) is 7.07.